The summed E-state index contributed by atoms with van der Waals surface area (Å²) in [5, 5.41) is 111. The first-order valence-electron chi connectivity index (χ1n) is 18.8. The molecule has 2 saturated heterocycles. The number of fused-ring (bicyclic) bond motifs is 1. The van der Waals surface area contributed by atoms with E-state index in [1.807, 2.05) is 0 Å². The van der Waals surface area contributed by atoms with E-state index in [0.29, 0.717) is 0 Å². The van der Waals surface area contributed by atoms with E-state index in [-0.39, 0.29) is 66.3 Å². The summed E-state index contributed by atoms with van der Waals surface area (Å²) in [6.45, 7) is 14.9. The SMILES string of the molecule is CC1(O)C(C)(O)[C@@](C)(O)C(C)(C)O[C@@]1(C)OCCC1(C)O[C@@](C)(CCCOc2c(-c3ccc(O)c(O)c3)oc3cc(O)cc(O)c3c2=O)C(C)(O)C(C)(O)[C@]1(C)O. The Morgan fingerprint density at radius 2 is 1.16 bits per heavy atom. The molecule has 318 valence electrons. The average molecular weight is 807 g/mol. The Labute approximate surface area is 330 Å². The number of aliphatic hydroxyl groups is 6. The molecule has 57 heavy (non-hydrogen) atoms. The molecule has 16 heteroatoms. The first kappa shape index (κ1) is 44.4. The van der Waals surface area contributed by atoms with Crippen molar-refractivity contribution < 1.29 is 74.4 Å². The molecule has 0 bridgehead atoms. The van der Waals surface area contributed by atoms with Gasteiger partial charge in [-0.05, 0) is 107 Å². The molecule has 5 unspecified atom stereocenters. The van der Waals surface area contributed by atoms with Crippen molar-refractivity contribution in [3.05, 3.63) is 40.6 Å². The quantitative estimate of drug-likeness (QED) is 0.104. The molecule has 1 aromatic heterocycles. The van der Waals surface area contributed by atoms with Gasteiger partial charge >= 0.3 is 0 Å². The smallest absolute Gasteiger partial charge is 0.239 e. The maximum Gasteiger partial charge on any atom is 0.239 e. The lowest BCUT2D eigenvalue weighted by Gasteiger charge is -2.66. The summed E-state index contributed by atoms with van der Waals surface area (Å²) in [6.07, 6.45) is -0.111. The normalized spacial score (nSPS) is 39.3. The van der Waals surface area contributed by atoms with Gasteiger partial charge in [-0.1, -0.05) is 0 Å². The van der Waals surface area contributed by atoms with Crippen molar-refractivity contribution >= 4 is 11.0 Å². The Hall–Kier alpha value is -3.71. The van der Waals surface area contributed by atoms with Gasteiger partial charge in [0.05, 0.1) is 30.0 Å². The van der Waals surface area contributed by atoms with Gasteiger partial charge in [0.15, 0.2) is 23.0 Å². The monoisotopic (exact) mass is 806 g/mol. The summed E-state index contributed by atoms with van der Waals surface area (Å²) in [5.74, 6) is -4.37. The van der Waals surface area contributed by atoms with Crippen LogP contribution in [0.3, 0.4) is 0 Å². The minimum absolute atomic E-state index is 0.0300. The molecule has 5 rings (SSSR count). The largest absolute Gasteiger partial charge is 0.508 e. The van der Waals surface area contributed by atoms with E-state index in [4.69, 9.17) is 23.4 Å². The number of hydrogen-bond donors (Lipinski definition) is 10. The van der Waals surface area contributed by atoms with Crippen LogP contribution in [0.5, 0.6) is 28.7 Å². The first-order valence-corrected chi connectivity index (χ1v) is 18.8. The van der Waals surface area contributed by atoms with E-state index in [9.17, 15) is 55.9 Å². The molecule has 0 radical (unpaired) electrons. The second-order valence-corrected chi connectivity index (χ2v) is 17.7. The van der Waals surface area contributed by atoms with Gasteiger partial charge in [0, 0.05) is 24.1 Å². The summed E-state index contributed by atoms with van der Waals surface area (Å²) in [7, 11) is 0. The average Bonchev–Trinajstić information content (AvgIpc) is 3.06. The predicted molar refractivity (Wildman–Crippen MR) is 205 cm³/mol. The number of benzene rings is 2. The van der Waals surface area contributed by atoms with E-state index in [2.05, 4.69) is 0 Å². The van der Waals surface area contributed by atoms with Crippen molar-refractivity contribution in [2.45, 2.75) is 152 Å². The summed E-state index contributed by atoms with van der Waals surface area (Å²) < 4.78 is 30.8. The number of rotatable bonds is 10. The number of phenolic OH excluding ortho intramolecular Hbond substituents is 4. The second kappa shape index (κ2) is 13.4. The molecule has 10 N–H and O–H groups in total. The van der Waals surface area contributed by atoms with Gasteiger partial charge in [-0.25, -0.2) is 0 Å². The minimum Gasteiger partial charge on any atom is -0.508 e. The molecule has 3 aromatic rings. The van der Waals surface area contributed by atoms with E-state index >= 15 is 0 Å². The zero-order valence-corrected chi connectivity index (χ0v) is 34.3. The molecule has 0 aliphatic carbocycles. The van der Waals surface area contributed by atoms with Crippen LogP contribution >= 0.6 is 0 Å². The summed E-state index contributed by atoms with van der Waals surface area (Å²) >= 11 is 0. The lowest BCUT2D eigenvalue weighted by atomic mass is 9.57. The topological polar surface area (TPSA) is 269 Å². The van der Waals surface area contributed by atoms with Gasteiger partial charge < -0.3 is 74.4 Å². The molecule has 3 heterocycles. The number of aromatic hydroxyl groups is 4. The Balaban J connectivity index is 1.41. The molecule has 16 nitrogen and oxygen atoms in total. The third kappa shape index (κ3) is 6.26. The van der Waals surface area contributed by atoms with Gasteiger partial charge in [0.1, 0.15) is 56.1 Å². The second-order valence-electron chi connectivity index (χ2n) is 17.7. The zero-order chi connectivity index (χ0) is 43.4. The standard InChI is InChI=1S/C41H58O16/c1-32(2)35(5,47)38(8,50)40(10,52)41(11,56-32)54-18-16-34(4)37(7,49)39(9,51)36(6,48)33(3,57-34)15-12-17-53-31-29(46)28-26(45)20-23(42)21-27(28)55-30(31)22-13-14-24(43)25(44)19-22/h13-14,19-21,42-45,47-52H,12,15-18H2,1-11H3/t33-,34?,35-,36?,37+,38?,39?,40?,41+/m0/s1. The Kier molecular flexibility index (Phi) is 10.4. The van der Waals surface area contributed by atoms with Crippen LogP contribution in [0.25, 0.3) is 22.3 Å². The van der Waals surface area contributed by atoms with Gasteiger partial charge in [-0.15, -0.1) is 0 Å². The Morgan fingerprint density at radius 1 is 0.596 bits per heavy atom. The van der Waals surface area contributed by atoms with Crippen LogP contribution in [-0.4, -0.2) is 120 Å². The molecule has 0 amide bonds. The molecule has 2 aromatic carbocycles. The van der Waals surface area contributed by atoms with Crippen molar-refractivity contribution in [3.63, 3.8) is 0 Å². The van der Waals surface area contributed by atoms with Crippen LogP contribution < -0.4 is 10.2 Å². The van der Waals surface area contributed by atoms with Gasteiger partial charge in [-0.2, -0.15) is 0 Å². The van der Waals surface area contributed by atoms with E-state index in [1.165, 1.54) is 67.5 Å². The maximum absolute atomic E-state index is 13.8. The molecule has 0 spiro atoms. The maximum atomic E-state index is 13.8. The highest BCUT2D eigenvalue weighted by molar-refractivity contribution is 5.88. The lowest BCUT2D eigenvalue weighted by Crippen LogP contribution is -2.84. The van der Waals surface area contributed by atoms with Crippen molar-refractivity contribution in [1.29, 1.82) is 0 Å². The summed E-state index contributed by atoms with van der Waals surface area (Å²) in [4.78, 5) is 13.8. The van der Waals surface area contributed by atoms with E-state index < -0.39 is 78.9 Å². The molecular weight excluding hydrogens is 748 g/mol. The lowest BCUT2D eigenvalue weighted by molar-refractivity contribution is -0.454. The first-order chi connectivity index (χ1) is 25.7. The molecule has 2 aliphatic heterocycles. The Morgan fingerprint density at radius 3 is 1.74 bits per heavy atom. The highest BCUT2D eigenvalue weighted by atomic mass is 16.7. The van der Waals surface area contributed by atoms with Crippen LogP contribution in [0.15, 0.2) is 39.5 Å². The summed E-state index contributed by atoms with van der Waals surface area (Å²) in [5.41, 5.74) is -18.3. The van der Waals surface area contributed by atoms with Gasteiger partial charge in [0.2, 0.25) is 11.2 Å². The van der Waals surface area contributed by atoms with Crippen molar-refractivity contribution in [1.82, 2.24) is 0 Å². The number of hydrogen-bond acceptors (Lipinski definition) is 16. The number of phenols is 4. The predicted octanol–water partition coefficient (Wildman–Crippen LogP) is 3.43. The van der Waals surface area contributed by atoms with Crippen LogP contribution in [0.4, 0.5) is 0 Å². The van der Waals surface area contributed by atoms with E-state index in [0.717, 1.165) is 18.2 Å². The van der Waals surface area contributed by atoms with Gasteiger partial charge in [0.25, 0.3) is 0 Å². The zero-order valence-electron chi connectivity index (χ0n) is 34.3. The molecule has 2 fully saturated rings. The Bertz CT molecular complexity index is 2100. The molecule has 2 aliphatic rings. The minimum atomic E-state index is -2.24. The van der Waals surface area contributed by atoms with E-state index in [1.54, 1.807) is 20.8 Å². The van der Waals surface area contributed by atoms with Crippen molar-refractivity contribution in [3.8, 4) is 40.1 Å². The fraction of sp³-hybridized carbons (Fsp3) is 0.634. The molecule has 9 atom stereocenters. The van der Waals surface area contributed by atoms with Crippen molar-refractivity contribution in [2.24, 2.45) is 0 Å². The van der Waals surface area contributed by atoms with Crippen LogP contribution in [0.1, 0.15) is 95.4 Å². The van der Waals surface area contributed by atoms with Crippen LogP contribution in [0.2, 0.25) is 0 Å². The van der Waals surface area contributed by atoms with Crippen LogP contribution in [0, 0.1) is 0 Å². The van der Waals surface area contributed by atoms with Crippen LogP contribution in [-0.2, 0) is 14.2 Å². The van der Waals surface area contributed by atoms with Gasteiger partial charge in [-0.3, -0.25) is 4.79 Å². The summed E-state index contributed by atoms with van der Waals surface area (Å²) in [6, 6.07) is 5.74. The highest BCUT2D eigenvalue weighted by Gasteiger charge is 2.75. The number of ether oxygens (including phenoxy) is 4. The molecular formula is C41H58O16. The molecule has 0 saturated carbocycles. The third-order valence-electron chi connectivity index (χ3n) is 14.0. The fourth-order valence-corrected chi connectivity index (χ4v) is 8.42. The fourth-order valence-electron chi connectivity index (χ4n) is 8.42. The van der Waals surface area contributed by atoms with Crippen molar-refractivity contribution in [2.75, 3.05) is 13.2 Å². The highest BCUT2D eigenvalue weighted by Crippen LogP contribution is 2.57. The third-order valence-corrected chi connectivity index (χ3v) is 14.0.